The van der Waals surface area contributed by atoms with E-state index in [0.717, 1.165) is 34.7 Å². The lowest BCUT2D eigenvalue weighted by molar-refractivity contribution is 0.561. The van der Waals surface area contributed by atoms with Gasteiger partial charge in [-0.15, -0.1) is 22.7 Å². The highest BCUT2D eigenvalue weighted by Gasteiger charge is 2.11. The SMILES string of the molecule is CCCNC(C)c1csc(-c2cnc3ccsc3c2)n1. The molecule has 3 aromatic heterocycles. The fraction of sp³-hybridized carbons (Fsp3) is 0.333. The normalized spacial score (nSPS) is 12.9. The Morgan fingerprint density at radius 1 is 1.35 bits per heavy atom. The zero-order valence-electron chi connectivity index (χ0n) is 11.6. The number of pyridine rings is 1. The van der Waals surface area contributed by atoms with Crippen molar-refractivity contribution in [1.82, 2.24) is 15.3 Å². The molecule has 3 nitrogen and oxygen atoms in total. The summed E-state index contributed by atoms with van der Waals surface area (Å²) in [6.45, 7) is 5.36. The monoisotopic (exact) mass is 303 g/mol. The van der Waals surface area contributed by atoms with Gasteiger partial charge in [-0.25, -0.2) is 4.98 Å². The lowest BCUT2D eigenvalue weighted by Crippen LogP contribution is -2.19. The first kappa shape index (κ1) is 13.7. The van der Waals surface area contributed by atoms with Crippen LogP contribution in [0.2, 0.25) is 0 Å². The van der Waals surface area contributed by atoms with E-state index in [1.54, 1.807) is 22.7 Å². The number of nitrogens with one attached hydrogen (secondary N) is 1. The maximum Gasteiger partial charge on any atom is 0.125 e. The second kappa shape index (κ2) is 5.99. The van der Waals surface area contributed by atoms with Crippen molar-refractivity contribution in [1.29, 1.82) is 0 Å². The van der Waals surface area contributed by atoms with E-state index in [4.69, 9.17) is 4.98 Å². The summed E-state index contributed by atoms with van der Waals surface area (Å²) in [5.41, 5.74) is 3.29. The molecule has 0 aliphatic heterocycles. The largest absolute Gasteiger partial charge is 0.309 e. The van der Waals surface area contributed by atoms with Gasteiger partial charge < -0.3 is 5.32 Å². The molecule has 1 unspecified atom stereocenters. The number of hydrogen-bond acceptors (Lipinski definition) is 5. The summed E-state index contributed by atoms with van der Waals surface area (Å²) in [5, 5.41) is 8.73. The summed E-state index contributed by atoms with van der Waals surface area (Å²) >= 11 is 3.41. The minimum absolute atomic E-state index is 0.304. The summed E-state index contributed by atoms with van der Waals surface area (Å²) in [6, 6.07) is 4.53. The van der Waals surface area contributed by atoms with Crippen LogP contribution in [0.3, 0.4) is 0 Å². The third-order valence-electron chi connectivity index (χ3n) is 3.22. The van der Waals surface area contributed by atoms with Crippen LogP contribution in [0, 0.1) is 0 Å². The Morgan fingerprint density at radius 3 is 3.10 bits per heavy atom. The number of thiazole rings is 1. The van der Waals surface area contributed by atoms with Gasteiger partial charge in [-0.2, -0.15) is 0 Å². The quantitative estimate of drug-likeness (QED) is 0.755. The maximum absolute atomic E-state index is 4.75. The van der Waals surface area contributed by atoms with Gasteiger partial charge in [0.25, 0.3) is 0 Å². The first-order chi connectivity index (χ1) is 9.78. The van der Waals surface area contributed by atoms with E-state index in [-0.39, 0.29) is 0 Å². The average molecular weight is 303 g/mol. The molecule has 0 amide bonds. The van der Waals surface area contributed by atoms with Crippen LogP contribution in [0.5, 0.6) is 0 Å². The summed E-state index contributed by atoms with van der Waals surface area (Å²) < 4.78 is 1.22. The molecule has 0 saturated heterocycles. The smallest absolute Gasteiger partial charge is 0.125 e. The molecule has 0 fully saturated rings. The summed E-state index contributed by atoms with van der Waals surface area (Å²) in [7, 11) is 0. The van der Waals surface area contributed by atoms with Gasteiger partial charge >= 0.3 is 0 Å². The van der Waals surface area contributed by atoms with Crippen molar-refractivity contribution in [3.05, 3.63) is 34.8 Å². The number of hydrogen-bond donors (Lipinski definition) is 1. The van der Waals surface area contributed by atoms with E-state index >= 15 is 0 Å². The van der Waals surface area contributed by atoms with Gasteiger partial charge in [-0.05, 0) is 37.4 Å². The first-order valence-electron chi connectivity index (χ1n) is 6.80. The van der Waals surface area contributed by atoms with Crippen molar-refractivity contribution in [3.63, 3.8) is 0 Å². The Hall–Kier alpha value is -1.30. The van der Waals surface area contributed by atoms with Gasteiger partial charge in [0.1, 0.15) is 5.01 Å². The lowest BCUT2D eigenvalue weighted by atomic mass is 10.2. The topological polar surface area (TPSA) is 37.8 Å². The predicted octanol–water partition coefficient (Wildman–Crippen LogP) is 4.48. The molecule has 0 aromatic carbocycles. The van der Waals surface area contributed by atoms with Crippen molar-refractivity contribution in [3.8, 4) is 10.6 Å². The fourth-order valence-corrected chi connectivity index (χ4v) is 3.72. The van der Waals surface area contributed by atoms with Crippen LogP contribution in [0.1, 0.15) is 32.0 Å². The molecule has 0 spiro atoms. The van der Waals surface area contributed by atoms with Crippen LogP contribution in [0.25, 0.3) is 20.8 Å². The van der Waals surface area contributed by atoms with Crippen LogP contribution >= 0.6 is 22.7 Å². The number of rotatable bonds is 5. The van der Waals surface area contributed by atoms with E-state index in [2.05, 4.69) is 41.0 Å². The molecule has 3 rings (SSSR count). The molecular weight excluding hydrogens is 286 g/mol. The molecule has 1 N–H and O–H groups in total. The van der Waals surface area contributed by atoms with E-state index in [9.17, 15) is 0 Å². The minimum Gasteiger partial charge on any atom is -0.309 e. The summed E-state index contributed by atoms with van der Waals surface area (Å²) in [6.07, 6.45) is 3.06. The molecule has 1 atom stereocenters. The lowest BCUT2D eigenvalue weighted by Gasteiger charge is -2.09. The second-order valence-corrected chi connectivity index (χ2v) is 6.59. The Morgan fingerprint density at radius 2 is 2.25 bits per heavy atom. The average Bonchev–Trinajstić information content (AvgIpc) is 3.12. The minimum atomic E-state index is 0.304. The van der Waals surface area contributed by atoms with Gasteiger partial charge in [0.15, 0.2) is 0 Å². The predicted molar refractivity (Wildman–Crippen MR) is 87.4 cm³/mol. The molecule has 3 heterocycles. The number of nitrogens with zero attached hydrogens (tertiary/aromatic N) is 2. The Balaban J connectivity index is 1.85. The van der Waals surface area contributed by atoms with E-state index in [0.29, 0.717) is 6.04 Å². The van der Waals surface area contributed by atoms with E-state index < -0.39 is 0 Å². The van der Waals surface area contributed by atoms with Crippen LogP contribution in [-0.2, 0) is 0 Å². The van der Waals surface area contributed by atoms with Crippen LogP contribution < -0.4 is 5.32 Å². The van der Waals surface area contributed by atoms with Crippen LogP contribution in [0.15, 0.2) is 29.1 Å². The number of fused-ring (bicyclic) bond motifs is 1. The van der Waals surface area contributed by atoms with Gasteiger partial charge in [0.05, 0.1) is 15.9 Å². The Labute approximate surface area is 126 Å². The highest BCUT2D eigenvalue weighted by molar-refractivity contribution is 7.17. The molecule has 20 heavy (non-hydrogen) atoms. The van der Waals surface area contributed by atoms with Crippen LogP contribution in [0.4, 0.5) is 0 Å². The zero-order chi connectivity index (χ0) is 13.9. The van der Waals surface area contributed by atoms with Gasteiger partial charge in [-0.3, -0.25) is 4.98 Å². The van der Waals surface area contributed by atoms with Gasteiger partial charge in [0, 0.05) is 23.2 Å². The molecule has 0 bridgehead atoms. The summed E-state index contributed by atoms with van der Waals surface area (Å²) in [5.74, 6) is 0. The molecule has 0 aliphatic rings. The second-order valence-electron chi connectivity index (χ2n) is 4.78. The van der Waals surface area contributed by atoms with Gasteiger partial charge in [0.2, 0.25) is 0 Å². The highest BCUT2D eigenvalue weighted by atomic mass is 32.1. The molecule has 0 radical (unpaired) electrons. The molecule has 0 saturated carbocycles. The maximum atomic E-state index is 4.75. The van der Waals surface area contributed by atoms with Crippen molar-refractivity contribution in [2.24, 2.45) is 0 Å². The number of aromatic nitrogens is 2. The van der Waals surface area contributed by atoms with E-state index in [1.807, 2.05) is 12.3 Å². The van der Waals surface area contributed by atoms with Crippen LogP contribution in [-0.4, -0.2) is 16.5 Å². The number of thiophene rings is 1. The van der Waals surface area contributed by atoms with Crippen molar-refractivity contribution in [2.45, 2.75) is 26.3 Å². The Bertz CT molecular complexity index is 702. The van der Waals surface area contributed by atoms with E-state index in [1.165, 1.54) is 4.70 Å². The Kier molecular flexibility index (Phi) is 4.10. The molecule has 3 aromatic rings. The van der Waals surface area contributed by atoms with Gasteiger partial charge in [-0.1, -0.05) is 6.92 Å². The summed E-state index contributed by atoms with van der Waals surface area (Å²) in [4.78, 5) is 9.23. The zero-order valence-corrected chi connectivity index (χ0v) is 13.2. The molecule has 5 heteroatoms. The highest BCUT2D eigenvalue weighted by Crippen LogP contribution is 2.29. The van der Waals surface area contributed by atoms with Crippen molar-refractivity contribution in [2.75, 3.05) is 6.54 Å². The standard InChI is InChI=1S/C15H17N3S2/c1-3-5-16-10(2)13-9-20-15(18-13)11-7-14-12(17-8-11)4-6-19-14/h4,6-10,16H,3,5H2,1-2H3. The third kappa shape index (κ3) is 2.75. The third-order valence-corrected chi connectivity index (χ3v) is 4.98. The fourth-order valence-electron chi connectivity index (χ4n) is 2.05. The van der Waals surface area contributed by atoms with Crippen molar-refractivity contribution >= 4 is 32.9 Å². The van der Waals surface area contributed by atoms with Crippen molar-refractivity contribution < 1.29 is 0 Å². The first-order valence-corrected chi connectivity index (χ1v) is 8.56. The molecular formula is C15H17N3S2. The molecule has 0 aliphatic carbocycles. The molecule has 104 valence electrons.